The summed E-state index contributed by atoms with van der Waals surface area (Å²) in [5.74, 6) is -0.326. The van der Waals surface area contributed by atoms with Gasteiger partial charge in [-0.15, -0.1) is 11.3 Å². The molecule has 2 heterocycles. The van der Waals surface area contributed by atoms with Gasteiger partial charge in [-0.3, -0.25) is 4.90 Å². The molecular weight excluding hydrogens is 302 g/mol. The molecule has 5 nitrogen and oxygen atoms in total. The van der Waals surface area contributed by atoms with Crippen LogP contribution in [0.3, 0.4) is 0 Å². The van der Waals surface area contributed by atoms with Gasteiger partial charge in [0.05, 0.1) is 12.3 Å². The third kappa shape index (κ3) is 2.46. The lowest BCUT2D eigenvalue weighted by molar-refractivity contribution is 0.0532. The molecule has 0 unspecified atom stereocenters. The van der Waals surface area contributed by atoms with Gasteiger partial charge in [0.25, 0.3) is 0 Å². The predicted octanol–water partition coefficient (Wildman–Crippen LogP) is 3.63. The summed E-state index contributed by atoms with van der Waals surface area (Å²) in [4.78, 5) is 26.2. The maximum atomic E-state index is 11.9. The quantitative estimate of drug-likeness (QED) is 0.859. The topological polar surface area (TPSA) is 66.8 Å². The second-order valence-corrected chi connectivity index (χ2v) is 5.94. The number of para-hydroxylation sites is 1. The number of ether oxygens (including phenoxy) is 1. The van der Waals surface area contributed by atoms with E-state index in [1.807, 2.05) is 24.3 Å². The van der Waals surface area contributed by atoms with Gasteiger partial charge >= 0.3 is 12.1 Å². The number of nitrogens with zero attached hydrogens (tertiary/aromatic N) is 1. The standard InChI is InChI=1S/C16H15NO4S/c1-2-21-15(18)13-9-10-7-8-17(16(19)20)12-6-4-3-5-11(12)14(10)22-13/h3-6,9H,2,7-8H2,1H3,(H,19,20). The van der Waals surface area contributed by atoms with Crippen LogP contribution in [0, 0.1) is 0 Å². The molecule has 1 aliphatic rings. The van der Waals surface area contributed by atoms with Crippen LogP contribution in [0.2, 0.25) is 0 Å². The van der Waals surface area contributed by atoms with E-state index in [1.54, 1.807) is 13.0 Å². The second kappa shape index (κ2) is 5.81. The highest BCUT2D eigenvalue weighted by Gasteiger charge is 2.26. The summed E-state index contributed by atoms with van der Waals surface area (Å²) in [6, 6.07) is 9.20. The van der Waals surface area contributed by atoms with E-state index in [4.69, 9.17) is 4.74 Å². The number of carbonyl (C=O) groups excluding carboxylic acids is 1. The van der Waals surface area contributed by atoms with E-state index in [1.165, 1.54) is 16.2 Å². The van der Waals surface area contributed by atoms with Gasteiger partial charge in [-0.05, 0) is 31.0 Å². The Kier molecular flexibility index (Phi) is 3.85. The lowest BCUT2D eigenvalue weighted by atomic mass is 10.1. The number of esters is 1. The second-order valence-electron chi connectivity index (χ2n) is 4.89. The Morgan fingerprint density at radius 3 is 2.86 bits per heavy atom. The molecular formula is C16H15NO4S. The summed E-state index contributed by atoms with van der Waals surface area (Å²) in [5, 5.41) is 9.39. The molecule has 0 bridgehead atoms. The molecule has 0 fully saturated rings. The Hall–Kier alpha value is -2.34. The van der Waals surface area contributed by atoms with Crippen LogP contribution in [0.25, 0.3) is 10.4 Å². The number of fused-ring (bicyclic) bond motifs is 3. The number of carboxylic acid groups (broad SMARTS) is 1. The summed E-state index contributed by atoms with van der Waals surface area (Å²) < 4.78 is 5.05. The highest BCUT2D eigenvalue weighted by Crippen LogP contribution is 2.41. The van der Waals surface area contributed by atoms with E-state index < -0.39 is 6.09 Å². The van der Waals surface area contributed by atoms with Crippen LogP contribution in [-0.2, 0) is 11.2 Å². The summed E-state index contributed by atoms with van der Waals surface area (Å²) >= 11 is 1.36. The Labute approximate surface area is 131 Å². The number of amides is 1. The highest BCUT2D eigenvalue weighted by molar-refractivity contribution is 7.17. The van der Waals surface area contributed by atoms with E-state index in [0.717, 1.165) is 16.0 Å². The third-order valence-corrected chi connectivity index (χ3v) is 4.75. The summed E-state index contributed by atoms with van der Waals surface area (Å²) in [7, 11) is 0. The average molecular weight is 317 g/mol. The number of carbonyl (C=O) groups is 2. The van der Waals surface area contributed by atoms with Crippen LogP contribution in [-0.4, -0.2) is 30.3 Å². The zero-order chi connectivity index (χ0) is 15.7. The summed E-state index contributed by atoms with van der Waals surface area (Å²) in [6.45, 7) is 2.49. The van der Waals surface area contributed by atoms with Gasteiger partial charge in [-0.2, -0.15) is 0 Å². The van der Waals surface area contributed by atoms with E-state index in [-0.39, 0.29) is 5.97 Å². The maximum Gasteiger partial charge on any atom is 0.411 e. The first kappa shape index (κ1) is 14.6. The zero-order valence-corrected chi connectivity index (χ0v) is 12.9. The first-order valence-electron chi connectivity index (χ1n) is 7.01. The molecule has 1 amide bonds. The van der Waals surface area contributed by atoms with Crippen LogP contribution >= 0.6 is 11.3 Å². The molecule has 0 saturated heterocycles. The lowest BCUT2D eigenvalue weighted by Gasteiger charge is -2.19. The molecule has 22 heavy (non-hydrogen) atoms. The van der Waals surface area contributed by atoms with Crippen molar-refractivity contribution in [2.75, 3.05) is 18.1 Å². The van der Waals surface area contributed by atoms with Crippen molar-refractivity contribution in [3.05, 3.63) is 40.8 Å². The zero-order valence-electron chi connectivity index (χ0n) is 12.0. The summed E-state index contributed by atoms with van der Waals surface area (Å²) in [6.07, 6.45) is -0.389. The van der Waals surface area contributed by atoms with Gasteiger partial charge in [0.15, 0.2) is 0 Å². The smallest absolute Gasteiger partial charge is 0.411 e. The molecule has 1 aliphatic heterocycles. The lowest BCUT2D eigenvalue weighted by Crippen LogP contribution is -2.30. The van der Waals surface area contributed by atoms with Crippen molar-refractivity contribution in [3.63, 3.8) is 0 Å². The van der Waals surface area contributed by atoms with Crippen LogP contribution < -0.4 is 4.90 Å². The molecule has 1 N–H and O–H groups in total. The van der Waals surface area contributed by atoms with Crippen molar-refractivity contribution in [1.29, 1.82) is 0 Å². The molecule has 3 rings (SSSR count). The number of thiophene rings is 1. The van der Waals surface area contributed by atoms with E-state index in [0.29, 0.717) is 30.1 Å². The van der Waals surface area contributed by atoms with Crippen LogP contribution in [0.5, 0.6) is 0 Å². The molecule has 1 aromatic carbocycles. The minimum absolute atomic E-state index is 0.326. The van der Waals surface area contributed by atoms with Gasteiger partial charge in [0.2, 0.25) is 0 Å². The van der Waals surface area contributed by atoms with E-state index in [2.05, 4.69) is 0 Å². The van der Waals surface area contributed by atoms with Gasteiger partial charge in [-0.1, -0.05) is 18.2 Å². The fraction of sp³-hybridized carbons (Fsp3) is 0.250. The number of anilines is 1. The Bertz CT molecular complexity index is 737. The maximum absolute atomic E-state index is 11.9. The molecule has 114 valence electrons. The van der Waals surface area contributed by atoms with Crippen molar-refractivity contribution in [3.8, 4) is 10.4 Å². The Morgan fingerprint density at radius 2 is 2.14 bits per heavy atom. The van der Waals surface area contributed by atoms with E-state index >= 15 is 0 Å². The average Bonchev–Trinajstić information content (AvgIpc) is 2.86. The van der Waals surface area contributed by atoms with Gasteiger partial charge < -0.3 is 9.84 Å². The van der Waals surface area contributed by atoms with Crippen molar-refractivity contribution in [2.24, 2.45) is 0 Å². The fourth-order valence-electron chi connectivity index (χ4n) is 2.60. The molecule has 2 aromatic rings. The highest BCUT2D eigenvalue weighted by atomic mass is 32.1. The monoisotopic (exact) mass is 317 g/mol. The van der Waals surface area contributed by atoms with E-state index in [9.17, 15) is 14.7 Å². The first-order chi connectivity index (χ1) is 10.6. The minimum atomic E-state index is -0.965. The van der Waals surface area contributed by atoms with Crippen LogP contribution in [0.1, 0.15) is 22.2 Å². The van der Waals surface area contributed by atoms with Crippen molar-refractivity contribution >= 4 is 29.1 Å². The first-order valence-corrected chi connectivity index (χ1v) is 7.83. The number of hydrogen-bond donors (Lipinski definition) is 1. The van der Waals surface area contributed by atoms with Crippen molar-refractivity contribution in [1.82, 2.24) is 0 Å². The molecule has 0 saturated carbocycles. The largest absolute Gasteiger partial charge is 0.465 e. The molecule has 6 heteroatoms. The molecule has 0 spiro atoms. The van der Waals surface area contributed by atoms with Crippen LogP contribution in [0.4, 0.5) is 10.5 Å². The van der Waals surface area contributed by atoms with Gasteiger partial charge in [0, 0.05) is 17.0 Å². The number of rotatable bonds is 2. The molecule has 0 radical (unpaired) electrons. The van der Waals surface area contributed by atoms with Gasteiger partial charge in [0.1, 0.15) is 4.88 Å². The SMILES string of the molecule is CCOC(=O)c1cc2c(s1)-c1ccccc1N(C(=O)O)CC2. The third-order valence-electron chi connectivity index (χ3n) is 3.56. The van der Waals surface area contributed by atoms with Gasteiger partial charge in [-0.25, -0.2) is 9.59 Å². The molecule has 0 aliphatic carbocycles. The fourth-order valence-corrected chi connectivity index (χ4v) is 3.74. The minimum Gasteiger partial charge on any atom is -0.465 e. The van der Waals surface area contributed by atoms with Crippen molar-refractivity contribution in [2.45, 2.75) is 13.3 Å². The number of benzene rings is 1. The Balaban J connectivity index is 2.10. The molecule has 1 aromatic heterocycles. The predicted molar refractivity (Wildman–Crippen MR) is 84.8 cm³/mol. The van der Waals surface area contributed by atoms with Crippen molar-refractivity contribution < 1.29 is 19.4 Å². The van der Waals surface area contributed by atoms with Crippen LogP contribution in [0.15, 0.2) is 30.3 Å². The Morgan fingerprint density at radius 1 is 1.36 bits per heavy atom. The normalized spacial score (nSPS) is 13.0. The molecule has 0 atom stereocenters. The number of hydrogen-bond acceptors (Lipinski definition) is 4. The summed E-state index contributed by atoms with van der Waals surface area (Å²) in [5.41, 5.74) is 2.49.